The Balaban J connectivity index is 1.33. The fourth-order valence-corrected chi connectivity index (χ4v) is 4.28. The van der Waals surface area contributed by atoms with E-state index in [0.717, 1.165) is 6.26 Å². The Hall–Kier alpha value is -2.62. The number of benzene rings is 2. The van der Waals surface area contributed by atoms with E-state index in [2.05, 4.69) is 5.32 Å². The van der Waals surface area contributed by atoms with E-state index in [9.17, 15) is 18.0 Å². The summed E-state index contributed by atoms with van der Waals surface area (Å²) < 4.78 is 28.6. The molecule has 10 heteroatoms. The third-order valence-electron chi connectivity index (χ3n) is 5.30. The number of anilines is 1. The Labute approximate surface area is 199 Å². The highest BCUT2D eigenvalue weighted by molar-refractivity contribution is 7.90. The van der Waals surface area contributed by atoms with Gasteiger partial charge in [0.25, 0.3) is 0 Å². The molecule has 2 aromatic rings. The Morgan fingerprint density at radius 1 is 1.03 bits per heavy atom. The number of para-hydroxylation sites is 1. The van der Waals surface area contributed by atoms with Crippen molar-refractivity contribution in [3.8, 4) is 5.75 Å². The molecule has 0 aromatic heterocycles. The molecule has 2 amide bonds. The molecule has 1 N–H and O–H groups in total. The van der Waals surface area contributed by atoms with Crippen LogP contribution < -0.4 is 10.1 Å². The summed E-state index contributed by atoms with van der Waals surface area (Å²) >= 11 is 6.07. The van der Waals surface area contributed by atoms with Crippen LogP contribution in [0, 0.1) is 0 Å². The molecule has 178 valence electrons. The highest BCUT2D eigenvalue weighted by Gasteiger charge is 2.22. The summed E-state index contributed by atoms with van der Waals surface area (Å²) in [6, 6.07) is 13.3. The second kappa shape index (κ2) is 11.5. The van der Waals surface area contributed by atoms with Gasteiger partial charge in [-0.3, -0.25) is 14.5 Å². The largest absolute Gasteiger partial charge is 0.494 e. The third-order valence-corrected chi connectivity index (χ3v) is 6.75. The van der Waals surface area contributed by atoms with E-state index in [1.54, 1.807) is 30.3 Å². The lowest BCUT2D eigenvalue weighted by atomic mass is 10.2. The second-order valence-electron chi connectivity index (χ2n) is 7.88. The van der Waals surface area contributed by atoms with E-state index in [0.29, 0.717) is 62.1 Å². The minimum atomic E-state index is -3.23. The summed E-state index contributed by atoms with van der Waals surface area (Å²) in [5, 5.41) is 3.31. The first kappa shape index (κ1) is 25.0. The van der Waals surface area contributed by atoms with Crippen LogP contribution in [0.2, 0.25) is 5.02 Å². The van der Waals surface area contributed by atoms with Gasteiger partial charge in [0, 0.05) is 38.9 Å². The van der Waals surface area contributed by atoms with Gasteiger partial charge in [0.2, 0.25) is 11.8 Å². The van der Waals surface area contributed by atoms with Crippen LogP contribution in [0.1, 0.15) is 12.8 Å². The first-order chi connectivity index (χ1) is 15.7. The van der Waals surface area contributed by atoms with Gasteiger partial charge >= 0.3 is 0 Å². The monoisotopic (exact) mass is 493 g/mol. The van der Waals surface area contributed by atoms with Crippen LogP contribution in [-0.4, -0.2) is 75.6 Å². The molecule has 0 spiro atoms. The Morgan fingerprint density at radius 3 is 2.33 bits per heavy atom. The highest BCUT2D eigenvalue weighted by Crippen LogP contribution is 2.20. The standard InChI is InChI=1S/C23H28ClN3O5S/c1-33(30,31)19-10-8-18(9-11-19)32-16-4-7-23(29)27-14-12-26(13-15-27)17-22(28)25-21-6-3-2-5-20(21)24/h2-3,5-6,8-11H,4,7,12-17H2,1H3,(H,25,28). The minimum Gasteiger partial charge on any atom is -0.494 e. The quantitative estimate of drug-likeness (QED) is 0.539. The molecular formula is C23H28ClN3O5S. The number of hydrogen-bond acceptors (Lipinski definition) is 6. The molecule has 1 saturated heterocycles. The average Bonchev–Trinajstić information content (AvgIpc) is 2.78. The smallest absolute Gasteiger partial charge is 0.238 e. The molecule has 1 aliphatic rings. The SMILES string of the molecule is CS(=O)(=O)c1ccc(OCCCC(=O)N2CCN(CC(=O)Nc3ccccc3Cl)CC2)cc1. The minimum absolute atomic E-state index is 0.0613. The summed E-state index contributed by atoms with van der Waals surface area (Å²) in [4.78, 5) is 28.8. The van der Waals surface area contributed by atoms with E-state index < -0.39 is 9.84 Å². The summed E-state index contributed by atoms with van der Waals surface area (Å²) in [5.41, 5.74) is 0.589. The number of amides is 2. The molecule has 3 rings (SSSR count). The Morgan fingerprint density at radius 2 is 1.70 bits per heavy atom. The van der Waals surface area contributed by atoms with Crippen molar-refractivity contribution in [1.29, 1.82) is 0 Å². The molecule has 0 aliphatic carbocycles. The molecule has 1 fully saturated rings. The molecule has 0 bridgehead atoms. The second-order valence-corrected chi connectivity index (χ2v) is 10.3. The van der Waals surface area contributed by atoms with Crippen molar-refractivity contribution < 1.29 is 22.7 Å². The molecule has 33 heavy (non-hydrogen) atoms. The van der Waals surface area contributed by atoms with E-state index in [1.165, 1.54) is 12.1 Å². The van der Waals surface area contributed by atoms with Crippen LogP contribution in [0.5, 0.6) is 5.75 Å². The summed E-state index contributed by atoms with van der Waals surface area (Å²) in [6.45, 7) is 3.03. The normalized spacial score (nSPS) is 14.7. The zero-order valence-electron chi connectivity index (χ0n) is 18.5. The van der Waals surface area contributed by atoms with E-state index in [-0.39, 0.29) is 23.3 Å². The molecule has 0 unspecified atom stereocenters. The summed E-state index contributed by atoms with van der Waals surface area (Å²) in [6.07, 6.45) is 2.09. The van der Waals surface area contributed by atoms with Crippen LogP contribution in [-0.2, 0) is 19.4 Å². The van der Waals surface area contributed by atoms with Gasteiger partial charge in [-0.05, 0) is 42.8 Å². The molecule has 8 nitrogen and oxygen atoms in total. The molecule has 2 aromatic carbocycles. The van der Waals surface area contributed by atoms with Crippen molar-refractivity contribution in [1.82, 2.24) is 9.80 Å². The molecule has 0 saturated carbocycles. The maximum absolute atomic E-state index is 12.5. The average molecular weight is 494 g/mol. The molecular weight excluding hydrogens is 466 g/mol. The number of halogens is 1. The zero-order valence-corrected chi connectivity index (χ0v) is 20.1. The van der Waals surface area contributed by atoms with Crippen molar-refractivity contribution >= 4 is 38.9 Å². The Kier molecular flexibility index (Phi) is 8.71. The summed E-state index contributed by atoms with van der Waals surface area (Å²) in [5.74, 6) is 0.495. The van der Waals surface area contributed by atoms with E-state index >= 15 is 0 Å². The maximum atomic E-state index is 12.5. The zero-order chi connectivity index (χ0) is 23.8. The van der Waals surface area contributed by atoms with Gasteiger partial charge < -0.3 is 15.0 Å². The van der Waals surface area contributed by atoms with Crippen LogP contribution >= 0.6 is 11.6 Å². The number of piperazine rings is 1. The molecule has 1 heterocycles. The van der Waals surface area contributed by atoms with Crippen molar-refractivity contribution in [3.05, 3.63) is 53.6 Å². The molecule has 1 aliphatic heterocycles. The number of ether oxygens (including phenoxy) is 1. The van der Waals surface area contributed by atoms with Gasteiger partial charge in [-0.15, -0.1) is 0 Å². The summed E-state index contributed by atoms with van der Waals surface area (Å²) in [7, 11) is -3.23. The lowest BCUT2D eigenvalue weighted by Gasteiger charge is -2.34. The Bertz CT molecular complexity index is 1070. The highest BCUT2D eigenvalue weighted by atomic mass is 35.5. The predicted molar refractivity (Wildman–Crippen MR) is 127 cm³/mol. The van der Waals surface area contributed by atoms with Crippen LogP contribution in [0.15, 0.2) is 53.4 Å². The van der Waals surface area contributed by atoms with Crippen LogP contribution in [0.3, 0.4) is 0 Å². The lowest BCUT2D eigenvalue weighted by Crippen LogP contribution is -2.50. The van der Waals surface area contributed by atoms with E-state index in [1.807, 2.05) is 15.9 Å². The van der Waals surface area contributed by atoms with Crippen molar-refractivity contribution in [2.75, 3.05) is 50.9 Å². The molecule has 0 radical (unpaired) electrons. The van der Waals surface area contributed by atoms with Gasteiger partial charge in [-0.2, -0.15) is 0 Å². The molecule has 0 atom stereocenters. The number of nitrogens with one attached hydrogen (secondary N) is 1. The fraction of sp³-hybridized carbons (Fsp3) is 0.391. The van der Waals surface area contributed by atoms with Crippen molar-refractivity contribution in [2.45, 2.75) is 17.7 Å². The van der Waals surface area contributed by atoms with Crippen molar-refractivity contribution in [2.24, 2.45) is 0 Å². The number of rotatable bonds is 9. The van der Waals surface area contributed by atoms with E-state index in [4.69, 9.17) is 16.3 Å². The van der Waals surface area contributed by atoms with Gasteiger partial charge in [0.1, 0.15) is 5.75 Å². The van der Waals surface area contributed by atoms with Crippen LogP contribution in [0.4, 0.5) is 5.69 Å². The maximum Gasteiger partial charge on any atom is 0.238 e. The first-order valence-corrected chi connectivity index (χ1v) is 13.0. The van der Waals surface area contributed by atoms with Crippen LogP contribution in [0.25, 0.3) is 0 Å². The lowest BCUT2D eigenvalue weighted by molar-refractivity contribution is -0.133. The van der Waals surface area contributed by atoms with Crippen molar-refractivity contribution in [3.63, 3.8) is 0 Å². The fourth-order valence-electron chi connectivity index (χ4n) is 3.47. The van der Waals surface area contributed by atoms with Gasteiger partial charge in [-0.1, -0.05) is 23.7 Å². The predicted octanol–water partition coefficient (Wildman–Crippen LogP) is 2.69. The number of nitrogens with zero attached hydrogens (tertiary/aromatic N) is 2. The number of sulfone groups is 1. The topological polar surface area (TPSA) is 96.0 Å². The number of carbonyl (C=O) groups is 2. The van der Waals surface area contributed by atoms with Gasteiger partial charge in [0.15, 0.2) is 9.84 Å². The number of carbonyl (C=O) groups excluding carboxylic acids is 2. The number of hydrogen-bond donors (Lipinski definition) is 1. The van der Waals surface area contributed by atoms with Gasteiger partial charge in [-0.25, -0.2) is 8.42 Å². The van der Waals surface area contributed by atoms with Gasteiger partial charge in [0.05, 0.1) is 28.8 Å². The first-order valence-electron chi connectivity index (χ1n) is 10.7. The third kappa shape index (κ3) is 7.73.